The first kappa shape index (κ1) is 16.4. The first-order valence-electron chi connectivity index (χ1n) is 7.51. The van der Waals surface area contributed by atoms with Gasteiger partial charge in [0.15, 0.2) is 5.78 Å². The number of rotatable bonds is 4. The van der Waals surface area contributed by atoms with Crippen molar-refractivity contribution in [3.8, 4) is 0 Å². The van der Waals surface area contributed by atoms with Crippen molar-refractivity contribution in [3.63, 3.8) is 0 Å². The van der Waals surface area contributed by atoms with E-state index >= 15 is 0 Å². The van der Waals surface area contributed by atoms with E-state index in [4.69, 9.17) is 4.74 Å². The summed E-state index contributed by atoms with van der Waals surface area (Å²) >= 11 is 0. The van der Waals surface area contributed by atoms with Gasteiger partial charge in [0.1, 0.15) is 11.3 Å². The summed E-state index contributed by atoms with van der Waals surface area (Å²) < 4.78 is 5.35. The highest BCUT2D eigenvalue weighted by Gasteiger charge is 2.29. The molecule has 0 aromatic carbocycles. The number of nitrogens with one attached hydrogen (secondary N) is 1. The zero-order valence-electron chi connectivity index (χ0n) is 13.3. The molecule has 1 aliphatic heterocycles. The van der Waals surface area contributed by atoms with E-state index in [1.54, 1.807) is 29.3 Å². The molecular weight excluding hydrogens is 282 g/mol. The van der Waals surface area contributed by atoms with Gasteiger partial charge in [0.05, 0.1) is 6.54 Å². The zero-order chi connectivity index (χ0) is 16.2. The van der Waals surface area contributed by atoms with Crippen LogP contribution < -0.4 is 5.32 Å². The van der Waals surface area contributed by atoms with Gasteiger partial charge in [-0.1, -0.05) is 6.07 Å². The highest BCUT2D eigenvalue weighted by atomic mass is 16.6. The number of carbonyl (C=O) groups is 2. The van der Waals surface area contributed by atoms with E-state index in [0.29, 0.717) is 18.8 Å². The summed E-state index contributed by atoms with van der Waals surface area (Å²) in [7, 11) is 0. The van der Waals surface area contributed by atoms with Gasteiger partial charge in [-0.3, -0.25) is 9.78 Å². The van der Waals surface area contributed by atoms with Crippen molar-refractivity contribution in [2.45, 2.75) is 38.8 Å². The minimum Gasteiger partial charge on any atom is -0.444 e. The quantitative estimate of drug-likeness (QED) is 0.860. The third-order valence-corrected chi connectivity index (χ3v) is 3.34. The fourth-order valence-corrected chi connectivity index (χ4v) is 2.27. The Hall–Kier alpha value is -1.95. The lowest BCUT2D eigenvalue weighted by molar-refractivity contribution is 0.0291. The van der Waals surface area contributed by atoms with E-state index in [1.165, 1.54) is 0 Å². The van der Waals surface area contributed by atoms with Crippen LogP contribution in [0.1, 0.15) is 37.7 Å². The second-order valence-corrected chi connectivity index (χ2v) is 6.43. The maximum Gasteiger partial charge on any atom is 0.410 e. The van der Waals surface area contributed by atoms with Crippen LogP contribution in [0.5, 0.6) is 0 Å². The number of likely N-dealkylation sites (tertiary alicyclic amines) is 1. The SMILES string of the molecule is CC(C)(C)OC(=O)N1CC[C@H](NCC(=O)c2ccccn2)C1. The van der Waals surface area contributed by atoms with E-state index < -0.39 is 5.60 Å². The first-order valence-corrected chi connectivity index (χ1v) is 7.51. The number of hydrogen-bond donors (Lipinski definition) is 1. The zero-order valence-corrected chi connectivity index (χ0v) is 13.3. The van der Waals surface area contributed by atoms with E-state index in [0.717, 1.165) is 6.42 Å². The Kier molecular flexibility index (Phi) is 5.13. The van der Waals surface area contributed by atoms with Gasteiger partial charge >= 0.3 is 6.09 Å². The Labute approximate surface area is 130 Å². The predicted molar refractivity (Wildman–Crippen MR) is 82.8 cm³/mol. The number of ketones is 1. The van der Waals surface area contributed by atoms with Gasteiger partial charge in [0, 0.05) is 25.3 Å². The number of aromatic nitrogens is 1. The molecule has 1 amide bonds. The monoisotopic (exact) mass is 305 g/mol. The molecule has 0 saturated carbocycles. The van der Waals surface area contributed by atoms with Crippen LogP contribution in [-0.2, 0) is 4.74 Å². The number of hydrogen-bond acceptors (Lipinski definition) is 5. The lowest BCUT2D eigenvalue weighted by Gasteiger charge is -2.24. The summed E-state index contributed by atoms with van der Waals surface area (Å²) in [6.45, 7) is 6.98. The lowest BCUT2D eigenvalue weighted by Crippen LogP contribution is -2.39. The van der Waals surface area contributed by atoms with E-state index in [2.05, 4.69) is 10.3 Å². The molecule has 6 nitrogen and oxygen atoms in total. The van der Waals surface area contributed by atoms with Crippen molar-refractivity contribution in [3.05, 3.63) is 30.1 Å². The molecule has 1 aromatic rings. The highest BCUT2D eigenvalue weighted by molar-refractivity contribution is 5.95. The van der Waals surface area contributed by atoms with Crippen LogP contribution in [-0.4, -0.2) is 53.0 Å². The molecule has 0 aliphatic carbocycles. The summed E-state index contributed by atoms with van der Waals surface area (Å²) in [5.74, 6) is -0.0451. The minimum atomic E-state index is -0.489. The van der Waals surface area contributed by atoms with Gasteiger partial charge < -0.3 is 15.0 Å². The standard InChI is InChI=1S/C16H23N3O3/c1-16(2,3)22-15(21)19-9-7-12(11-19)18-10-14(20)13-6-4-5-8-17-13/h4-6,8,12,18H,7,9-11H2,1-3H3/t12-/m0/s1. The van der Waals surface area contributed by atoms with Gasteiger partial charge in [-0.05, 0) is 39.3 Å². The fourth-order valence-electron chi connectivity index (χ4n) is 2.27. The summed E-state index contributed by atoms with van der Waals surface area (Å²) in [6.07, 6.45) is 2.12. The summed E-state index contributed by atoms with van der Waals surface area (Å²) in [6, 6.07) is 5.38. The van der Waals surface area contributed by atoms with Crippen molar-refractivity contribution in [1.29, 1.82) is 0 Å². The van der Waals surface area contributed by atoms with Crippen molar-refractivity contribution >= 4 is 11.9 Å². The molecule has 2 rings (SSSR count). The number of nitrogens with zero attached hydrogens (tertiary/aromatic N) is 2. The average molecular weight is 305 g/mol. The molecule has 1 N–H and O–H groups in total. The molecule has 0 radical (unpaired) electrons. The highest BCUT2D eigenvalue weighted by Crippen LogP contribution is 2.15. The summed E-state index contributed by atoms with van der Waals surface area (Å²) in [4.78, 5) is 29.6. The van der Waals surface area contributed by atoms with Crippen molar-refractivity contribution in [2.24, 2.45) is 0 Å². The average Bonchev–Trinajstić information content (AvgIpc) is 2.93. The number of pyridine rings is 1. The second kappa shape index (κ2) is 6.87. The molecule has 6 heteroatoms. The maximum atomic E-state index is 12.0. The Morgan fingerprint density at radius 3 is 2.82 bits per heavy atom. The van der Waals surface area contributed by atoms with Crippen molar-refractivity contribution in [2.75, 3.05) is 19.6 Å². The lowest BCUT2D eigenvalue weighted by atomic mass is 10.2. The molecule has 1 aromatic heterocycles. The fraction of sp³-hybridized carbons (Fsp3) is 0.562. The molecule has 0 spiro atoms. The van der Waals surface area contributed by atoms with Crippen LogP contribution >= 0.6 is 0 Å². The molecule has 120 valence electrons. The van der Waals surface area contributed by atoms with Crippen LogP contribution in [0.3, 0.4) is 0 Å². The molecule has 1 fully saturated rings. The number of amides is 1. The predicted octanol–water partition coefficient (Wildman–Crippen LogP) is 1.86. The van der Waals surface area contributed by atoms with Crippen LogP contribution in [0.2, 0.25) is 0 Å². The Morgan fingerprint density at radius 1 is 1.41 bits per heavy atom. The van der Waals surface area contributed by atoms with E-state index in [-0.39, 0.29) is 24.5 Å². The molecule has 0 bridgehead atoms. The van der Waals surface area contributed by atoms with E-state index in [1.807, 2.05) is 20.8 Å². The van der Waals surface area contributed by atoms with Gasteiger partial charge in [-0.2, -0.15) is 0 Å². The molecule has 0 unspecified atom stereocenters. The van der Waals surface area contributed by atoms with E-state index in [9.17, 15) is 9.59 Å². The Morgan fingerprint density at radius 2 is 2.18 bits per heavy atom. The van der Waals surface area contributed by atoms with Crippen molar-refractivity contribution < 1.29 is 14.3 Å². The number of carbonyl (C=O) groups excluding carboxylic acids is 2. The van der Waals surface area contributed by atoms with Crippen LogP contribution in [0.15, 0.2) is 24.4 Å². The molecule has 1 saturated heterocycles. The minimum absolute atomic E-state index is 0.0451. The number of Topliss-reactive ketones (excluding diaryl/α,β-unsaturated/α-hetero) is 1. The molecule has 1 aliphatic rings. The number of ether oxygens (including phenoxy) is 1. The van der Waals surface area contributed by atoms with Gasteiger partial charge in [-0.25, -0.2) is 4.79 Å². The van der Waals surface area contributed by atoms with Gasteiger partial charge in [-0.15, -0.1) is 0 Å². The van der Waals surface area contributed by atoms with Crippen molar-refractivity contribution in [1.82, 2.24) is 15.2 Å². The molecule has 22 heavy (non-hydrogen) atoms. The van der Waals surface area contributed by atoms with Gasteiger partial charge in [0.2, 0.25) is 0 Å². The first-order chi connectivity index (χ1) is 10.3. The summed E-state index contributed by atoms with van der Waals surface area (Å²) in [5.41, 5.74) is -0.0330. The molecule has 2 heterocycles. The Balaban J connectivity index is 1.77. The van der Waals surface area contributed by atoms with Gasteiger partial charge in [0.25, 0.3) is 0 Å². The normalized spacial score (nSPS) is 18.3. The third-order valence-electron chi connectivity index (χ3n) is 3.34. The van der Waals surface area contributed by atoms with Crippen LogP contribution in [0, 0.1) is 0 Å². The topological polar surface area (TPSA) is 71.5 Å². The second-order valence-electron chi connectivity index (χ2n) is 6.43. The third kappa shape index (κ3) is 4.80. The van der Waals surface area contributed by atoms with Crippen LogP contribution in [0.4, 0.5) is 4.79 Å². The molecular formula is C16H23N3O3. The summed E-state index contributed by atoms with van der Waals surface area (Å²) in [5, 5.41) is 3.19. The largest absolute Gasteiger partial charge is 0.444 e. The van der Waals surface area contributed by atoms with Crippen LogP contribution in [0.25, 0.3) is 0 Å². The maximum absolute atomic E-state index is 12.0. The molecule has 1 atom stereocenters. The smallest absolute Gasteiger partial charge is 0.410 e. The Bertz CT molecular complexity index is 525.